The lowest BCUT2D eigenvalue weighted by molar-refractivity contribution is -0.116. The molecule has 0 aromatic heterocycles. The molecule has 0 N–H and O–H groups in total. The molecule has 0 unspecified atom stereocenters. The molecule has 0 saturated heterocycles. The van der Waals surface area contributed by atoms with E-state index in [0.717, 1.165) is 6.42 Å². The minimum absolute atomic E-state index is 0.231. The first-order valence-electron chi connectivity index (χ1n) is 2.97. The number of alkyl halides is 1. The van der Waals surface area contributed by atoms with Crippen molar-refractivity contribution in [3.63, 3.8) is 0 Å². The summed E-state index contributed by atoms with van der Waals surface area (Å²) in [7, 11) is 0. The topological polar surface area (TPSA) is 17.1 Å². The minimum Gasteiger partial charge on any atom is -0.300 e. The Morgan fingerprint density at radius 3 is 2.67 bits per heavy atom. The zero-order chi connectivity index (χ0) is 7.11. The van der Waals surface area contributed by atoms with Crippen LogP contribution < -0.4 is 0 Å². The summed E-state index contributed by atoms with van der Waals surface area (Å²) in [5.41, 5.74) is 0. The van der Waals surface area contributed by atoms with Gasteiger partial charge in [-0.2, -0.15) is 0 Å². The minimum atomic E-state index is 0.231. The average molecular weight is 147 g/mol. The van der Waals surface area contributed by atoms with Crippen LogP contribution in [-0.2, 0) is 4.79 Å². The van der Waals surface area contributed by atoms with Crippen molar-refractivity contribution in [1.29, 1.82) is 0 Å². The largest absolute Gasteiger partial charge is 0.300 e. The van der Waals surface area contributed by atoms with Gasteiger partial charge >= 0.3 is 0 Å². The van der Waals surface area contributed by atoms with Gasteiger partial charge < -0.3 is 4.79 Å². The fourth-order valence-corrected chi connectivity index (χ4v) is 0.593. The number of carbonyl (C=O) groups is 1. The molecular weight excluding hydrogens is 136 g/mol. The van der Waals surface area contributed by atoms with Crippen molar-refractivity contribution in [3.05, 3.63) is 12.2 Å². The van der Waals surface area contributed by atoms with Gasteiger partial charge in [0.15, 0.2) is 0 Å². The summed E-state index contributed by atoms with van der Waals surface area (Å²) in [5, 5.41) is 0. The summed E-state index contributed by atoms with van der Waals surface area (Å²) in [4.78, 5) is 10.3. The number of carbonyl (C=O) groups excluding carboxylic acids is 1. The van der Waals surface area contributed by atoms with Crippen molar-refractivity contribution < 1.29 is 4.79 Å². The van der Waals surface area contributed by atoms with E-state index in [1.54, 1.807) is 6.92 Å². The van der Waals surface area contributed by atoms with Gasteiger partial charge in [0, 0.05) is 12.3 Å². The highest BCUT2D eigenvalue weighted by molar-refractivity contribution is 6.18. The highest BCUT2D eigenvalue weighted by Crippen LogP contribution is 1.91. The molecule has 0 aliphatic carbocycles. The second-order valence-corrected chi connectivity index (χ2v) is 2.18. The zero-order valence-electron chi connectivity index (χ0n) is 5.56. The van der Waals surface area contributed by atoms with Crippen molar-refractivity contribution in [2.45, 2.75) is 19.8 Å². The molecule has 1 nitrogen and oxygen atoms in total. The number of halogens is 1. The van der Waals surface area contributed by atoms with Crippen molar-refractivity contribution in [2.75, 3.05) is 5.88 Å². The second-order valence-electron chi connectivity index (χ2n) is 1.87. The molecule has 0 fully saturated rings. The van der Waals surface area contributed by atoms with Crippen molar-refractivity contribution in [1.82, 2.24) is 0 Å². The molecular formula is C7H11ClO. The Kier molecular flexibility index (Phi) is 5.64. The molecule has 0 spiro atoms. The van der Waals surface area contributed by atoms with Crippen LogP contribution in [0.15, 0.2) is 12.2 Å². The molecule has 0 atom stereocenters. The van der Waals surface area contributed by atoms with Gasteiger partial charge in [-0.3, -0.25) is 0 Å². The molecule has 0 aliphatic rings. The zero-order valence-corrected chi connectivity index (χ0v) is 6.32. The van der Waals surface area contributed by atoms with E-state index in [1.807, 2.05) is 12.2 Å². The number of allylic oxidation sites excluding steroid dienone is 2. The van der Waals surface area contributed by atoms with Crippen LogP contribution in [0.1, 0.15) is 19.8 Å². The Hall–Kier alpha value is -0.300. The van der Waals surface area contributed by atoms with Gasteiger partial charge in [0.05, 0.1) is 0 Å². The third-order valence-electron chi connectivity index (χ3n) is 0.919. The monoisotopic (exact) mass is 146 g/mol. The molecule has 52 valence electrons. The Bertz CT molecular complexity index is 107. The smallest absolute Gasteiger partial charge is 0.130 e. The van der Waals surface area contributed by atoms with E-state index in [0.29, 0.717) is 12.3 Å². The number of hydrogen-bond donors (Lipinski definition) is 0. The fourth-order valence-electron chi connectivity index (χ4n) is 0.467. The Labute approximate surface area is 60.7 Å². The number of Topliss-reactive ketones (excluding diaryl/α,β-unsaturated/α-hetero) is 1. The molecule has 0 saturated carbocycles. The van der Waals surface area contributed by atoms with Crippen molar-refractivity contribution in [2.24, 2.45) is 0 Å². The van der Waals surface area contributed by atoms with Crippen LogP contribution in [0.3, 0.4) is 0 Å². The standard InChI is InChI=1S/C7H11ClO/c1-7(9)5-3-2-4-6-8/h2,4H,3,5-6H2,1H3/b4-2+. The molecule has 0 radical (unpaired) electrons. The molecule has 0 aromatic carbocycles. The van der Waals surface area contributed by atoms with Crippen LogP contribution in [0, 0.1) is 0 Å². The van der Waals surface area contributed by atoms with Gasteiger partial charge in [0.1, 0.15) is 5.78 Å². The Balaban J connectivity index is 3.09. The number of rotatable bonds is 4. The summed E-state index contributed by atoms with van der Waals surface area (Å²) in [6.45, 7) is 1.59. The van der Waals surface area contributed by atoms with Crippen LogP contribution in [0.4, 0.5) is 0 Å². The lowest BCUT2D eigenvalue weighted by atomic mass is 10.2. The van der Waals surface area contributed by atoms with Gasteiger partial charge in [-0.25, -0.2) is 0 Å². The Morgan fingerprint density at radius 1 is 1.56 bits per heavy atom. The maximum Gasteiger partial charge on any atom is 0.130 e. The predicted octanol–water partition coefficient (Wildman–Crippen LogP) is 2.15. The van der Waals surface area contributed by atoms with Gasteiger partial charge in [0.25, 0.3) is 0 Å². The molecule has 0 rings (SSSR count). The first-order valence-corrected chi connectivity index (χ1v) is 3.51. The van der Waals surface area contributed by atoms with E-state index in [-0.39, 0.29) is 5.78 Å². The van der Waals surface area contributed by atoms with Crippen LogP contribution in [0.25, 0.3) is 0 Å². The molecule has 0 aromatic rings. The van der Waals surface area contributed by atoms with E-state index in [2.05, 4.69) is 0 Å². The van der Waals surface area contributed by atoms with Crippen LogP contribution >= 0.6 is 11.6 Å². The van der Waals surface area contributed by atoms with Crippen LogP contribution in [-0.4, -0.2) is 11.7 Å². The SMILES string of the molecule is CC(=O)CC/C=C/CCl. The quantitative estimate of drug-likeness (QED) is 0.439. The van der Waals surface area contributed by atoms with Gasteiger partial charge in [-0.15, -0.1) is 11.6 Å². The highest BCUT2D eigenvalue weighted by Gasteiger charge is 1.86. The first-order chi connectivity index (χ1) is 4.27. The lowest BCUT2D eigenvalue weighted by Crippen LogP contribution is -1.86. The summed E-state index contributed by atoms with van der Waals surface area (Å²) < 4.78 is 0. The molecule has 2 heteroatoms. The van der Waals surface area contributed by atoms with E-state index >= 15 is 0 Å². The van der Waals surface area contributed by atoms with Gasteiger partial charge in [0.2, 0.25) is 0 Å². The molecule has 0 amide bonds. The fraction of sp³-hybridized carbons (Fsp3) is 0.571. The van der Waals surface area contributed by atoms with Crippen LogP contribution in [0.2, 0.25) is 0 Å². The third-order valence-corrected chi connectivity index (χ3v) is 1.10. The maximum atomic E-state index is 10.3. The number of ketones is 1. The Morgan fingerprint density at radius 2 is 2.22 bits per heavy atom. The van der Waals surface area contributed by atoms with Crippen molar-refractivity contribution >= 4 is 17.4 Å². The maximum absolute atomic E-state index is 10.3. The summed E-state index contributed by atoms with van der Waals surface area (Å²) in [5.74, 6) is 0.770. The second kappa shape index (κ2) is 5.83. The molecule has 0 aliphatic heterocycles. The van der Waals surface area contributed by atoms with Crippen LogP contribution in [0.5, 0.6) is 0 Å². The highest BCUT2D eigenvalue weighted by atomic mass is 35.5. The third kappa shape index (κ3) is 7.70. The molecule has 0 heterocycles. The van der Waals surface area contributed by atoms with Crippen molar-refractivity contribution in [3.8, 4) is 0 Å². The molecule has 9 heavy (non-hydrogen) atoms. The van der Waals surface area contributed by atoms with E-state index < -0.39 is 0 Å². The number of hydrogen-bond acceptors (Lipinski definition) is 1. The van der Waals surface area contributed by atoms with E-state index in [1.165, 1.54) is 0 Å². The average Bonchev–Trinajstić information content (AvgIpc) is 1.80. The van der Waals surface area contributed by atoms with Gasteiger partial charge in [-0.1, -0.05) is 12.2 Å². The summed E-state index contributed by atoms with van der Waals surface area (Å²) >= 11 is 5.35. The lowest BCUT2D eigenvalue weighted by Gasteiger charge is -1.85. The van der Waals surface area contributed by atoms with E-state index in [9.17, 15) is 4.79 Å². The van der Waals surface area contributed by atoms with E-state index in [4.69, 9.17) is 11.6 Å². The summed E-state index contributed by atoms with van der Waals surface area (Å²) in [6.07, 6.45) is 5.23. The molecule has 0 bridgehead atoms. The predicted molar refractivity (Wildman–Crippen MR) is 39.8 cm³/mol. The summed E-state index contributed by atoms with van der Waals surface area (Å²) in [6, 6.07) is 0. The van der Waals surface area contributed by atoms with Gasteiger partial charge in [-0.05, 0) is 13.3 Å². The normalized spacial score (nSPS) is 10.4. The first kappa shape index (κ1) is 8.70.